The largest absolute Gasteiger partial charge is 0.490 e. The van der Waals surface area contributed by atoms with E-state index in [9.17, 15) is 18.4 Å². The molecule has 2 unspecified atom stereocenters. The van der Waals surface area contributed by atoms with Gasteiger partial charge in [-0.3, -0.25) is 9.59 Å². The molecule has 2 heterocycles. The molecule has 0 radical (unpaired) electrons. The number of amides is 2. The van der Waals surface area contributed by atoms with Gasteiger partial charge < -0.3 is 19.9 Å². The van der Waals surface area contributed by atoms with Crippen molar-refractivity contribution < 1.29 is 23.1 Å². The zero-order chi connectivity index (χ0) is 28.9. The van der Waals surface area contributed by atoms with E-state index in [1.807, 2.05) is 54.4 Å². The number of likely N-dealkylation sites (N-methyl/N-ethyl adjacent to an activating group) is 1. The van der Waals surface area contributed by atoms with Crippen LogP contribution in [0.15, 0.2) is 78.4 Å². The highest BCUT2D eigenvalue weighted by atomic mass is 19.1. The van der Waals surface area contributed by atoms with E-state index in [0.29, 0.717) is 38.0 Å². The van der Waals surface area contributed by atoms with Crippen LogP contribution in [0.4, 0.5) is 8.78 Å². The van der Waals surface area contributed by atoms with Crippen LogP contribution >= 0.6 is 0 Å². The van der Waals surface area contributed by atoms with E-state index in [4.69, 9.17) is 4.74 Å². The SMILES string of the molecule is CC(=O)N1CC2CC(c3ccc(CCOc4cc(F)ccc4F)cc3)=C(C(=O)N(C)CCc3ccccc3)C(C1)N2. The molecular formula is C33H35F2N3O3. The molecule has 6 nitrogen and oxygen atoms in total. The minimum Gasteiger partial charge on any atom is -0.490 e. The number of fused-ring (bicyclic) bond motifs is 2. The molecule has 3 aromatic rings. The van der Waals surface area contributed by atoms with Gasteiger partial charge in [-0.05, 0) is 47.2 Å². The molecule has 2 aliphatic heterocycles. The van der Waals surface area contributed by atoms with Crippen molar-refractivity contribution in [3.05, 3.63) is 107 Å². The Morgan fingerprint density at radius 3 is 2.44 bits per heavy atom. The molecule has 1 N–H and O–H groups in total. The maximum atomic E-state index is 13.9. The number of rotatable bonds is 9. The van der Waals surface area contributed by atoms with E-state index in [-0.39, 0.29) is 36.3 Å². The maximum Gasteiger partial charge on any atom is 0.251 e. The lowest BCUT2D eigenvalue weighted by Crippen LogP contribution is -2.61. The van der Waals surface area contributed by atoms with E-state index in [1.165, 1.54) is 5.56 Å². The first-order valence-corrected chi connectivity index (χ1v) is 14.0. The Hall–Kier alpha value is -4.04. The Morgan fingerprint density at radius 1 is 0.976 bits per heavy atom. The van der Waals surface area contributed by atoms with Gasteiger partial charge in [-0.25, -0.2) is 8.78 Å². The Kier molecular flexibility index (Phi) is 8.78. The van der Waals surface area contributed by atoms with Crippen molar-refractivity contribution >= 4 is 17.4 Å². The molecule has 0 aliphatic carbocycles. The van der Waals surface area contributed by atoms with Gasteiger partial charge in [0.1, 0.15) is 5.82 Å². The second-order valence-electron chi connectivity index (χ2n) is 10.8. The summed E-state index contributed by atoms with van der Waals surface area (Å²) in [4.78, 5) is 29.8. The lowest BCUT2D eigenvalue weighted by molar-refractivity contribution is -0.132. The van der Waals surface area contributed by atoms with Crippen molar-refractivity contribution in [3.63, 3.8) is 0 Å². The summed E-state index contributed by atoms with van der Waals surface area (Å²) in [5.41, 5.74) is 4.83. The van der Waals surface area contributed by atoms with Crippen LogP contribution in [0.1, 0.15) is 30.0 Å². The van der Waals surface area contributed by atoms with Gasteiger partial charge in [0.25, 0.3) is 5.91 Å². The Balaban J connectivity index is 1.34. The summed E-state index contributed by atoms with van der Waals surface area (Å²) in [5.74, 6) is -1.27. The van der Waals surface area contributed by atoms with Gasteiger partial charge in [0.2, 0.25) is 5.91 Å². The zero-order valence-electron chi connectivity index (χ0n) is 23.4. The fourth-order valence-electron chi connectivity index (χ4n) is 5.61. The summed E-state index contributed by atoms with van der Waals surface area (Å²) in [6.45, 7) is 3.41. The number of ether oxygens (including phenoxy) is 1. The molecule has 1 fully saturated rings. The van der Waals surface area contributed by atoms with Crippen molar-refractivity contribution in [2.75, 3.05) is 33.3 Å². The van der Waals surface area contributed by atoms with E-state index < -0.39 is 11.6 Å². The molecule has 0 saturated carbocycles. The summed E-state index contributed by atoms with van der Waals surface area (Å²) in [5, 5.41) is 3.59. The molecule has 2 amide bonds. The normalized spacial score (nSPS) is 18.3. The van der Waals surface area contributed by atoms with Gasteiger partial charge >= 0.3 is 0 Å². The molecule has 41 heavy (non-hydrogen) atoms. The van der Waals surface area contributed by atoms with Crippen LogP contribution in [0, 0.1) is 11.6 Å². The maximum absolute atomic E-state index is 13.9. The lowest BCUT2D eigenvalue weighted by Gasteiger charge is -2.44. The molecule has 2 atom stereocenters. The zero-order valence-corrected chi connectivity index (χ0v) is 23.4. The number of carbonyl (C=O) groups excluding carboxylic acids is 2. The Bertz CT molecular complexity index is 1430. The molecule has 214 valence electrons. The number of hydrogen-bond acceptors (Lipinski definition) is 4. The van der Waals surface area contributed by atoms with Crippen LogP contribution in [-0.2, 0) is 22.4 Å². The van der Waals surface area contributed by atoms with Gasteiger partial charge in [-0.1, -0.05) is 54.6 Å². The van der Waals surface area contributed by atoms with Gasteiger partial charge in [-0.2, -0.15) is 0 Å². The molecule has 0 spiro atoms. The first-order valence-electron chi connectivity index (χ1n) is 14.0. The number of nitrogens with zero attached hydrogens (tertiary/aromatic N) is 2. The molecule has 0 aromatic heterocycles. The minimum absolute atomic E-state index is 0.0128. The topological polar surface area (TPSA) is 61.9 Å². The average Bonchev–Trinajstić information content (AvgIpc) is 2.97. The third-order valence-electron chi connectivity index (χ3n) is 7.85. The highest BCUT2D eigenvalue weighted by Crippen LogP contribution is 2.34. The van der Waals surface area contributed by atoms with Crippen LogP contribution in [0.3, 0.4) is 0 Å². The molecule has 2 aliphatic rings. The quantitative estimate of drug-likeness (QED) is 0.415. The van der Waals surface area contributed by atoms with Crippen LogP contribution in [-0.4, -0.2) is 67.0 Å². The lowest BCUT2D eigenvalue weighted by atomic mass is 9.82. The van der Waals surface area contributed by atoms with Crippen LogP contribution < -0.4 is 10.1 Å². The van der Waals surface area contributed by atoms with Crippen LogP contribution in [0.5, 0.6) is 5.75 Å². The fourth-order valence-corrected chi connectivity index (χ4v) is 5.61. The van der Waals surface area contributed by atoms with E-state index >= 15 is 0 Å². The van der Waals surface area contributed by atoms with Gasteiger partial charge in [0.05, 0.1) is 12.6 Å². The molecule has 1 saturated heterocycles. The number of carbonyl (C=O) groups is 2. The van der Waals surface area contributed by atoms with Crippen molar-refractivity contribution in [3.8, 4) is 5.75 Å². The molecule has 5 rings (SSSR count). The van der Waals surface area contributed by atoms with Crippen molar-refractivity contribution in [1.82, 2.24) is 15.1 Å². The second kappa shape index (κ2) is 12.6. The monoisotopic (exact) mass is 559 g/mol. The van der Waals surface area contributed by atoms with Crippen LogP contribution in [0.2, 0.25) is 0 Å². The molecule has 2 bridgehead atoms. The van der Waals surface area contributed by atoms with Crippen molar-refractivity contribution in [2.24, 2.45) is 0 Å². The Morgan fingerprint density at radius 2 is 1.71 bits per heavy atom. The molecule has 8 heteroatoms. The van der Waals surface area contributed by atoms with Gasteiger partial charge in [0.15, 0.2) is 11.6 Å². The Labute approximate surface area is 239 Å². The van der Waals surface area contributed by atoms with Crippen LogP contribution in [0.25, 0.3) is 5.57 Å². The third-order valence-corrected chi connectivity index (χ3v) is 7.85. The van der Waals surface area contributed by atoms with Gasteiger partial charge in [0, 0.05) is 57.7 Å². The summed E-state index contributed by atoms with van der Waals surface area (Å²) < 4.78 is 32.7. The summed E-state index contributed by atoms with van der Waals surface area (Å²) in [6.07, 6.45) is 1.90. The van der Waals surface area contributed by atoms with Crippen molar-refractivity contribution in [2.45, 2.75) is 38.3 Å². The highest BCUT2D eigenvalue weighted by Gasteiger charge is 2.39. The fraction of sp³-hybridized carbons (Fsp3) is 0.333. The predicted molar refractivity (Wildman–Crippen MR) is 154 cm³/mol. The number of hydrogen-bond donors (Lipinski definition) is 1. The third kappa shape index (κ3) is 6.82. The van der Waals surface area contributed by atoms with E-state index in [1.54, 1.807) is 11.8 Å². The summed E-state index contributed by atoms with van der Waals surface area (Å²) in [7, 11) is 1.83. The first-order chi connectivity index (χ1) is 19.8. The number of nitrogens with one attached hydrogen (secondary N) is 1. The second-order valence-corrected chi connectivity index (χ2v) is 10.8. The first kappa shape index (κ1) is 28.5. The predicted octanol–water partition coefficient (Wildman–Crippen LogP) is 4.63. The summed E-state index contributed by atoms with van der Waals surface area (Å²) in [6, 6.07) is 21.0. The number of benzene rings is 3. The standard InChI is InChI=1S/C33H35F2N3O3/c1-22(39)38-20-27-19-28(25-10-8-24(9-11-25)15-17-41-31-18-26(34)12-13-29(31)35)32(30(21-38)36-27)33(40)37(2)16-14-23-6-4-3-5-7-23/h3-13,18,27,30,36H,14-17,19-21H2,1-2H3. The average molecular weight is 560 g/mol. The molecule has 3 aromatic carbocycles. The number of halogens is 2. The molecular weight excluding hydrogens is 524 g/mol. The number of piperazine rings is 1. The van der Waals surface area contributed by atoms with Crippen molar-refractivity contribution in [1.29, 1.82) is 0 Å². The minimum atomic E-state index is -0.598. The van der Waals surface area contributed by atoms with E-state index in [2.05, 4.69) is 17.4 Å². The smallest absolute Gasteiger partial charge is 0.251 e. The summed E-state index contributed by atoms with van der Waals surface area (Å²) >= 11 is 0. The van der Waals surface area contributed by atoms with Gasteiger partial charge in [-0.15, -0.1) is 0 Å². The highest BCUT2D eigenvalue weighted by molar-refractivity contribution is 6.03. The van der Waals surface area contributed by atoms with E-state index in [0.717, 1.165) is 41.3 Å².